The van der Waals surface area contributed by atoms with Crippen LogP contribution in [0.15, 0.2) is 24.3 Å². The maximum atomic E-state index is 11.8. The number of hydrogen-bond donors (Lipinski definition) is 1. The van der Waals surface area contributed by atoms with E-state index in [0.717, 1.165) is 31.6 Å². The Morgan fingerprint density at radius 1 is 1.39 bits per heavy atom. The summed E-state index contributed by atoms with van der Waals surface area (Å²) in [5, 5.41) is 3.38. The molecule has 1 aromatic carbocycles. The summed E-state index contributed by atoms with van der Waals surface area (Å²) in [4.78, 5) is 14.2. The molecule has 0 spiro atoms. The average molecular weight is 246 g/mol. The van der Waals surface area contributed by atoms with E-state index in [4.69, 9.17) is 0 Å². The van der Waals surface area contributed by atoms with Gasteiger partial charge in [-0.15, -0.1) is 0 Å². The van der Waals surface area contributed by atoms with Gasteiger partial charge in [0.25, 0.3) is 0 Å². The second kappa shape index (κ2) is 6.01. The molecule has 18 heavy (non-hydrogen) atoms. The van der Waals surface area contributed by atoms with Crippen LogP contribution in [0.1, 0.15) is 37.0 Å². The van der Waals surface area contributed by atoms with Crippen molar-refractivity contribution in [1.82, 2.24) is 5.32 Å². The van der Waals surface area contributed by atoms with E-state index in [-0.39, 0.29) is 5.78 Å². The molecule has 1 unspecified atom stereocenters. The average Bonchev–Trinajstić information content (AvgIpc) is 2.40. The van der Waals surface area contributed by atoms with Crippen LogP contribution in [-0.4, -0.2) is 31.5 Å². The number of rotatable bonds is 4. The van der Waals surface area contributed by atoms with Gasteiger partial charge in [-0.25, -0.2) is 0 Å². The molecule has 0 bridgehead atoms. The first-order chi connectivity index (χ1) is 8.72. The summed E-state index contributed by atoms with van der Waals surface area (Å²) < 4.78 is 0. The zero-order chi connectivity index (χ0) is 13.0. The number of hydrogen-bond acceptors (Lipinski definition) is 3. The lowest BCUT2D eigenvalue weighted by molar-refractivity contribution is 0.0982. The molecule has 1 heterocycles. The molecule has 1 fully saturated rings. The van der Waals surface area contributed by atoms with Crippen molar-refractivity contribution >= 4 is 11.5 Å². The largest absolute Gasteiger partial charge is 0.366 e. The van der Waals surface area contributed by atoms with Gasteiger partial charge in [0, 0.05) is 43.3 Å². The van der Waals surface area contributed by atoms with E-state index >= 15 is 0 Å². The third-order valence-electron chi connectivity index (χ3n) is 3.50. The molecule has 1 N–H and O–H groups in total. The van der Waals surface area contributed by atoms with Gasteiger partial charge in [0.15, 0.2) is 5.78 Å². The zero-order valence-corrected chi connectivity index (χ0v) is 11.3. The minimum atomic E-state index is 0.248. The fourth-order valence-corrected chi connectivity index (χ4v) is 2.43. The second-order valence-electron chi connectivity index (χ2n) is 4.97. The quantitative estimate of drug-likeness (QED) is 0.828. The first-order valence-corrected chi connectivity index (χ1v) is 6.83. The minimum absolute atomic E-state index is 0.248. The third-order valence-corrected chi connectivity index (χ3v) is 3.50. The Bertz CT molecular complexity index is 399. The van der Waals surface area contributed by atoms with Crippen molar-refractivity contribution in [3.05, 3.63) is 29.8 Å². The topological polar surface area (TPSA) is 32.3 Å². The van der Waals surface area contributed by atoms with Gasteiger partial charge in [-0.3, -0.25) is 4.79 Å². The predicted molar refractivity (Wildman–Crippen MR) is 75.4 cm³/mol. The van der Waals surface area contributed by atoms with Crippen molar-refractivity contribution in [2.24, 2.45) is 0 Å². The van der Waals surface area contributed by atoms with Gasteiger partial charge in [0.2, 0.25) is 0 Å². The SMILES string of the molecule is CCCC(=O)c1ccc(N2CCNCC2C)cc1. The van der Waals surface area contributed by atoms with Crippen molar-refractivity contribution in [2.75, 3.05) is 24.5 Å². The number of nitrogens with zero attached hydrogens (tertiary/aromatic N) is 1. The molecule has 0 amide bonds. The van der Waals surface area contributed by atoms with Crippen molar-refractivity contribution in [3.8, 4) is 0 Å². The van der Waals surface area contributed by atoms with Gasteiger partial charge in [0.05, 0.1) is 0 Å². The van der Waals surface area contributed by atoms with Crippen LogP contribution in [0.25, 0.3) is 0 Å². The fourth-order valence-electron chi connectivity index (χ4n) is 2.43. The lowest BCUT2D eigenvalue weighted by atomic mass is 10.1. The summed E-state index contributed by atoms with van der Waals surface area (Å²) in [6.07, 6.45) is 1.55. The van der Waals surface area contributed by atoms with Crippen LogP contribution in [0.4, 0.5) is 5.69 Å². The fraction of sp³-hybridized carbons (Fsp3) is 0.533. The summed E-state index contributed by atoms with van der Waals surface area (Å²) in [5.74, 6) is 0.248. The first-order valence-electron chi connectivity index (χ1n) is 6.83. The summed E-state index contributed by atoms with van der Waals surface area (Å²) in [7, 11) is 0. The summed E-state index contributed by atoms with van der Waals surface area (Å²) >= 11 is 0. The van der Waals surface area contributed by atoms with Gasteiger partial charge < -0.3 is 10.2 Å². The van der Waals surface area contributed by atoms with E-state index in [2.05, 4.69) is 29.3 Å². The number of nitrogens with one attached hydrogen (secondary N) is 1. The third kappa shape index (κ3) is 2.91. The van der Waals surface area contributed by atoms with Gasteiger partial charge in [-0.05, 0) is 37.6 Å². The molecule has 3 nitrogen and oxygen atoms in total. The molecular weight excluding hydrogens is 224 g/mol. The Kier molecular flexibility index (Phi) is 4.37. The van der Waals surface area contributed by atoms with Crippen molar-refractivity contribution in [2.45, 2.75) is 32.7 Å². The van der Waals surface area contributed by atoms with Crippen LogP contribution in [0.3, 0.4) is 0 Å². The normalized spacial score (nSPS) is 19.9. The van der Waals surface area contributed by atoms with E-state index in [0.29, 0.717) is 12.5 Å². The Labute approximate surface area is 109 Å². The Morgan fingerprint density at radius 2 is 2.11 bits per heavy atom. The summed E-state index contributed by atoms with van der Waals surface area (Å²) in [5.41, 5.74) is 2.06. The number of carbonyl (C=O) groups is 1. The molecule has 1 atom stereocenters. The smallest absolute Gasteiger partial charge is 0.162 e. The molecule has 98 valence electrons. The van der Waals surface area contributed by atoms with E-state index in [1.54, 1.807) is 0 Å². The number of carbonyl (C=O) groups excluding carboxylic acids is 1. The van der Waals surface area contributed by atoms with Crippen LogP contribution in [-0.2, 0) is 0 Å². The Morgan fingerprint density at radius 3 is 2.72 bits per heavy atom. The van der Waals surface area contributed by atoms with Crippen LogP contribution < -0.4 is 10.2 Å². The molecule has 0 aliphatic carbocycles. The van der Waals surface area contributed by atoms with Crippen molar-refractivity contribution in [3.63, 3.8) is 0 Å². The molecule has 2 rings (SSSR count). The van der Waals surface area contributed by atoms with Crippen molar-refractivity contribution in [1.29, 1.82) is 0 Å². The highest BCUT2D eigenvalue weighted by molar-refractivity contribution is 5.96. The molecule has 3 heteroatoms. The maximum Gasteiger partial charge on any atom is 0.162 e. The van der Waals surface area contributed by atoms with Crippen LogP contribution in [0.5, 0.6) is 0 Å². The number of piperazine rings is 1. The summed E-state index contributed by atoms with van der Waals surface area (Å²) in [6.45, 7) is 7.35. The molecule has 1 saturated heterocycles. The van der Waals surface area contributed by atoms with E-state index in [9.17, 15) is 4.79 Å². The number of benzene rings is 1. The highest BCUT2D eigenvalue weighted by Gasteiger charge is 2.18. The highest BCUT2D eigenvalue weighted by atomic mass is 16.1. The van der Waals surface area contributed by atoms with Gasteiger partial charge in [-0.2, -0.15) is 0 Å². The summed E-state index contributed by atoms with van der Waals surface area (Å²) in [6, 6.07) is 8.58. The number of ketones is 1. The van der Waals surface area contributed by atoms with Gasteiger partial charge in [0.1, 0.15) is 0 Å². The predicted octanol–water partition coefficient (Wildman–Crippen LogP) is 2.47. The van der Waals surface area contributed by atoms with Crippen LogP contribution >= 0.6 is 0 Å². The zero-order valence-electron chi connectivity index (χ0n) is 11.3. The van der Waals surface area contributed by atoms with E-state index < -0.39 is 0 Å². The molecule has 1 aliphatic rings. The number of anilines is 1. The monoisotopic (exact) mass is 246 g/mol. The molecule has 0 saturated carbocycles. The molecule has 0 radical (unpaired) electrons. The maximum absolute atomic E-state index is 11.8. The lowest BCUT2D eigenvalue weighted by Gasteiger charge is -2.36. The highest BCUT2D eigenvalue weighted by Crippen LogP contribution is 2.19. The molecule has 1 aliphatic heterocycles. The van der Waals surface area contributed by atoms with E-state index in [1.165, 1.54) is 5.69 Å². The van der Waals surface area contributed by atoms with Crippen LogP contribution in [0, 0.1) is 0 Å². The standard InChI is InChI=1S/C15H22N2O/c1-3-4-15(18)13-5-7-14(8-6-13)17-10-9-16-11-12(17)2/h5-8,12,16H,3-4,9-11H2,1-2H3. The van der Waals surface area contributed by atoms with Gasteiger partial charge in [-0.1, -0.05) is 6.92 Å². The minimum Gasteiger partial charge on any atom is -0.366 e. The van der Waals surface area contributed by atoms with Crippen LogP contribution in [0.2, 0.25) is 0 Å². The van der Waals surface area contributed by atoms with E-state index in [1.807, 2.05) is 19.1 Å². The number of Topliss-reactive ketones (excluding diaryl/α,β-unsaturated/α-hetero) is 1. The Balaban J connectivity index is 2.09. The van der Waals surface area contributed by atoms with Crippen molar-refractivity contribution < 1.29 is 4.79 Å². The second-order valence-corrected chi connectivity index (χ2v) is 4.97. The first kappa shape index (κ1) is 13.1. The molecule has 1 aromatic rings. The Hall–Kier alpha value is -1.35. The lowest BCUT2D eigenvalue weighted by Crippen LogP contribution is -2.49. The molecular formula is C15H22N2O. The molecule has 0 aromatic heterocycles. The van der Waals surface area contributed by atoms with Gasteiger partial charge >= 0.3 is 0 Å².